The second-order valence-corrected chi connectivity index (χ2v) is 4.07. The summed E-state index contributed by atoms with van der Waals surface area (Å²) in [7, 11) is 0. The van der Waals surface area contributed by atoms with Crippen molar-refractivity contribution in [2.24, 2.45) is 0 Å². The minimum absolute atomic E-state index is 0.0625. The number of aromatic carboxylic acids is 1. The summed E-state index contributed by atoms with van der Waals surface area (Å²) in [4.78, 5) is 26.4. The number of rotatable bonds is 4. The van der Waals surface area contributed by atoms with Gasteiger partial charge in [0.05, 0.1) is 6.54 Å². The highest BCUT2D eigenvalue weighted by atomic mass is 16.5. The lowest BCUT2D eigenvalue weighted by Gasteiger charge is -2.07. The topological polar surface area (TPSA) is 138 Å². The summed E-state index contributed by atoms with van der Waals surface area (Å²) >= 11 is 0. The molecule has 2 rings (SSSR count). The first-order chi connectivity index (χ1) is 9.95. The summed E-state index contributed by atoms with van der Waals surface area (Å²) in [5.74, 6) is -0.967. The highest BCUT2D eigenvalue weighted by molar-refractivity contribution is 5.95. The molecule has 0 aliphatic carbocycles. The number of nitrogens with one attached hydrogen (secondary N) is 2. The van der Waals surface area contributed by atoms with E-state index in [1.165, 1.54) is 12.1 Å². The van der Waals surface area contributed by atoms with Crippen LogP contribution in [-0.4, -0.2) is 32.4 Å². The Morgan fingerprint density at radius 2 is 2.14 bits per heavy atom. The molecular weight excluding hydrogens is 280 g/mol. The Morgan fingerprint density at radius 3 is 2.76 bits per heavy atom. The quantitative estimate of drug-likeness (QED) is 0.619. The first-order valence-corrected chi connectivity index (χ1v) is 5.86. The number of aryl methyl sites for hydroxylation is 1. The lowest BCUT2D eigenvalue weighted by atomic mass is 10.2. The molecule has 0 saturated heterocycles. The Morgan fingerprint density at radius 1 is 1.38 bits per heavy atom. The van der Waals surface area contributed by atoms with Crippen molar-refractivity contribution < 1.29 is 24.3 Å². The maximum Gasteiger partial charge on any atom is 0.339 e. The van der Waals surface area contributed by atoms with Gasteiger partial charge in [0.1, 0.15) is 11.3 Å². The number of aromatic hydroxyl groups is 1. The Kier molecular flexibility index (Phi) is 4.02. The summed E-state index contributed by atoms with van der Waals surface area (Å²) in [6.07, 6.45) is 0. The summed E-state index contributed by atoms with van der Waals surface area (Å²) in [6.45, 7) is 1.69. The van der Waals surface area contributed by atoms with Crippen molar-refractivity contribution in [3.05, 3.63) is 35.5 Å². The van der Waals surface area contributed by atoms with Gasteiger partial charge in [-0.05, 0) is 18.2 Å². The van der Waals surface area contributed by atoms with Crippen LogP contribution in [0.25, 0.3) is 0 Å². The maximum atomic E-state index is 11.6. The van der Waals surface area contributed by atoms with E-state index in [-0.39, 0.29) is 23.5 Å². The van der Waals surface area contributed by atoms with Crippen LogP contribution in [-0.2, 0) is 6.54 Å². The van der Waals surface area contributed by atoms with E-state index >= 15 is 0 Å². The lowest BCUT2D eigenvalue weighted by molar-refractivity contribution is 0.0693. The molecule has 0 saturated carbocycles. The number of phenols is 1. The van der Waals surface area contributed by atoms with Crippen molar-refractivity contribution in [3.8, 4) is 5.75 Å². The maximum absolute atomic E-state index is 11.6. The van der Waals surface area contributed by atoms with Gasteiger partial charge in [-0.2, -0.15) is 4.98 Å². The fourth-order valence-corrected chi connectivity index (χ4v) is 1.53. The van der Waals surface area contributed by atoms with Crippen LogP contribution in [0.2, 0.25) is 0 Å². The second-order valence-electron chi connectivity index (χ2n) is 4.07. The number of carboxylic acids is 1. The standard InChI is InChI=1S/C12H12N4O5/c1-6-14-10(16-21-6)5-13-12(20)15-7-2-3-9(17)8(4-7)11(18)19/h2-4,17H,5H2,1H3,(H,18,19)(H2,13,15,20). The fraction of sp³-hybridized carbons (Fsp3) is 0.167. The summed E-state index contributed by atoms with van der Waals surface area (Å²) in [6, 6.07) is 3.14. The Balaban J connectivity index is 1.96. The molecule has 21 heavy (non-hydrogen) atoms. The molecule has 0 aliphatic heterocycles. The molecule has 1 aromatic heterocycles. The molecule has 0 bridgehead atoms. The third kappa shape index (κ3) is 3.69. The van der Waals surface area contributed by atoms with E-state index in [1.54, 1.807) is 6.92 Å². The number of amides is 2. The van der Waals surface area contributed by atoms with Crippen molar-refractivity contribution in [2.75, 3.05) is 5.32 Å². The molecule has 4 N–H and O–H groups in total. The smallest absolute Gasteiger partial charge is 0.339 e. The lowest BCUT2D eigenvalue weighted by Crippen LogP contribution is -2.28. The van der Waals surface area contributed by atoms with Gasteiger partial charge in [0.2, 0.25) is 5.89 Å². The highest BCUT2D eigenvalue weighted by Crippen LogP contribution is 2.21. The highest BCUT2D eigenvalue weighted by Gasteiger charge is 2.12. The summed E-state index contributed by atoms with van der Waals surface area (Å²) in [5.41, 5.74) is -0.0754. The third-order valence-electron chi connectivity index (χ3n) is 2.46. The zero-order valence-corrected chi connectivity index (χ0v) is 11.0. The fourth-order valence-electron chi connectivity index (χ4n) is 1.53. The molecule has 2 aromatic rings. The Labute approximate surface area is 118 Å². The number of hydrogen-bond donors (Lipinski definition) is 4. The van der Waals surface area contributed by atoms with Gasteiger partial charge in [0, 0.05) is 12.6 Å². The molecule has 2 amide bonds. The van der Waals surface area contributed by atoms with Gasteiger partial charge in [-0.15, -0.1) is 0 Å². The predicted molar refractivity (Wildman–Crippen MR) is 70.0 cm³/mol. The molecule has 0 spiro atoms. The zero-order valence-electron chi connectivity index (χ0n) is 11.0. The summed E-state index contributed by atoms with van der Waals surface area (Å²) in [5, 5.41) is 26.7. The van der Waals surface area contributed by atoms with Crippen LogP contribution in [0.4, 0.5) is 10.5 Å². The third-order valence-corrected chi connectivity index (χ3v) is 2.46. The number of carboxylic acid groups (broad SMARTS) is 1. The van der Waals surface area contributed by atoms with Gasteiger partial charge in [-0.1, -0.05) is 5.16 Å². The number of urea groups is 1. The monoisotopic (exact) mass is 292 g/mol. The Bertz CT molecular complexity index is 682. The van der Waals surface area contributed by atoms with Gasteiger partial charge in [0.25, 0.3) is 0 Å². The van der Waals surface area contributed by atoms with E-state index in [9.17, 15) is 14.7 Å². The van der Waals surface area contributed by atoms with Crippen LogP contribution in [0.1, 0.15) is 22.1 Å². The molecule has 110 valence electrons. The first kappa shape index (κ1) is 14.3. The van der Waals surface area contributed by atoms with Crippen LogP contribution in [0, 0.1) is 6.92 Å². The molecule has 1 heterocycles. The summed E-state index contributed by atoms with van der Waals surface area (Å²) < 4.78 is 4.74. The molecule has 9 nitrogen and oxygen atoms in total. The Hall–Kier alpha value is -3.10. The molecule has 0 unspecified atom stereocenters. The number of benzene rings is 1. The average molecular weight is 292 g/mol. The number of carbonyl (C=O) groups is 2. The van der Waals surface area contributed by atoms with Crippen molar-refractivity contribution in [3.63, 3.8) is 0 Å². The zero-order chi connectivity index (χ0) is 15.4. The molecule has 0 atom stereocenters. The van der Waals surface area contributed by atoms with E-state index in [1.807, 2.05) is 0 Å². The minimum atomic E-state index is -1.29. The van der Waals surface area contributed by atoms with Gasteiger partial charge < -0.3 is 25.4 Å². The van der Waals surface area contributed by atoms with Crippen LogP contribution >= 0.6 is 0 Å². The van der Waals surface area contributed by atoms with E-state index in [0.717, 1.165) is 6.07 Å². The molecule has 0 radical (unpaired) electrons. The van der Waals surface area contributed by atoms with Gasteiger partial charge in [-0.3, -0.25) is 0 Å². The minimum Gasteiger partial charge on any atom is -0.507 e. The van der Waals surface area contributed by atoms with Gasteiger partial charge >= 0.3 is 12.0 Å². The number of hydrogen-bond acceptors (Lipinski definition) is 6. The van der Waals surface area contributed by atoms with E-state index in [2.05, 4.69) is 20.8 Å². The molecule has 0 aliphatic rings. The van der Waals surface area contributed by atoms with Crippen molar-refractivity contribution >= 4 is 17.7 Å². The van der Waals surface area contributed by atoms with E-state index in [0.29, 0.717) is 11.7 Å². The molecular formula is C12H12N4O5. The molecule has 0 fully saturated rings. The molecule has 9 heteroatoms. The van der Waals surface area contributed by atoms with Gasteiger partial charge in [-0.25, -0.2) is 9.59 Å². The SMILES string of the molecule is Cc1nc(CNC(=O)Nc2ccc(O)c(C(=O)O)c2)no1. The number of carbonyl (C=O) groups excluding carboxylic acids is 1. The average Bonchev–Trinajstić information content (AvgIpc) is 2.84. The second kappa shape index (κ2) is 5.90. The van der Waals surface area contributed by atoms with E-state index < -0.39 is 12.0 Å². The van der Waals surface area contributed by atoms with Crippen LogP contribution < -0.4 is 10.6 Å². The molecule has 1 aromatic carbocycles. The number of nitrogens with zero attached hydrogens (tertiary/aromatic N) is 2. The largest absolute Gasteiger partial charge is 0.507 e. The number of aromatic nitrogens is 2. The van der Waals surface area contributed by atoms with Crippen LogP contribution in [0.5, 0.6) is 5.75 Å². The van der Waals surface area contributed by atoms with Crippen LogP contribution in [0.15, 0.2) is 22.7 Å². The van der Waals surface area contributed by atoms with E-state index in [4.69, 9.17) is 9.63 Å². The predicted octanol–water partition coefficient (Wildman–Crippen LogP) is 1.10. The van der Waals surface area contributed by atoms with Crippen molar-refractivity contribution in [1.82, 2.24) is 15.5 Å². The normalized spacial score (nSPS) is 10.1. The van der Waals surface area contributed by atoms with Crippen LogP contribution in [0.3, 0.4) is 0 Å². The first-order valence-electron chi connectivity index (χ1n) is 5.86. The number of anilines is 1. The van der Waals surface area contributed by atoms with Gasteiger partial charge in [0.15, 0.2) is 5.82 Å². The van der Waals surface area contributed by atoms with Crippen molar-refractivity contribution in [1.29, 1.82) is 0 Å². The van der Waals surface area contributed by atoms with Crippen molar-refractivity contribution in [2.45, 2.75) is 13.5 Å².